The average molecular weight is 222 g/mol. The van der Waals surface area contributed by atoms with Crippen molar-refractivity contribution in [2.24, 2.45) is 0 Å². The number of carboxylic acid groups (broad SMARTS) is 1. The Morgan fingerprint density at radius 3 is 2.27 bits per heavy atom. The van der Waals surface area contributed by atoms with Crippen LogP contribution in [0.25, 0.3) is 0 Å². The van der Waals surface area contributed by atoms with Gasteiger partial charge in [-0.2, -0.15) is 0 Å². The van der Waals surface area contributed by atoms with E-state index in [1.165, 1.54) is 0 Å². The lowest BCUT2D eigenvalue weighted by Crippen LogP contribution is -2.66. The first kappa shape index (κ1) is 12.3. The minimum Gasteiger partial charge on any atom is -0.479 e. The molecule has 5 N–H and O–H groups in total. The van der Waals surface area contributed by atoms with Gasteiger partial charge in [-0.1, -0.05) is 0 Å². The Labute approximate surface area is 85.5 Å². The Bertz CT molecular complexity index is 253. The molecule has 0 saturated carbocycles. The topological polar surface area (TPSA) is 127 Å². The van der Waals surface area contributed by atoms with E-state index in [2.05, 4.69) is 0 Å². The maximum atomic E-state index is 10.8. The molecular formula is C8H14O7. The smallest absolute Gasteiger partial charge is 0.338 e. The van der Waals surface area contributed by atoms with Crippen LogP contribution in [0.2, 0.25) is 0 Å². The highest BCUT2D eigenvalue weighted by Crippen LogP contribution is 2.29. The van der Waals surface area contributed by atoms with Crippen molar-refractivity contribution in [2.75, 3.05) is 6.61 Å². The van der Waals surface area contributed by atoms with Crippen LogP contribution >= 0.6 is 0 Å². The summed E-state index contributed by atoms with van der Waals surface area (Å²) in [6, 6.07) is 0. The molecule has 1 aliphatic rings. The van der Waals surface area contributed by atoms with Gasteiger partial charge < -0.3 is 30.3 Å². The summed E-state index contributed by atoms with van der Waals surface area (Å²) >= 11 is 0. The van der Waals surface area contributed by atoms with E-state index in [1.807, 2.05) is 0 Å². The van der Waals surface area contributed by atoms with E-state index in [0.29, 0.717) is 0 Å². The van der Waals surface area contributed by atoms with Crippen LogP contribution in [0.4, 0.5) is 0 Å². The number of hydrogen-bond donors (Lipinski definition) is 5. The second kappa shape index (κ2) is 4.03. The normalized spacial score (nSPS) is 46.5. The van der Waals surface area contributed by atoms with Crippen LogP contribution in [-0.4, -0.2) is 68.1 Å². The van der Waals surface area contributed by atoms with Crippen molar-refractivity contribution in [2.45, 2.75) is 36.9 Å². The van der Waals surface area contributed by atoms with Gasteiger partial charge >= 0.3 is 5.97 Å². The molecule has 0 aromatic heterocycles. The first-order chi connectivity index (χ1) is 6.84. The van der Waals surface area contributed by atoms with Gasteiger partial charge in [0, 0.05) is 0 Å². The predicted molar refractivity (Wildman–Crippen MR) is 46.0 cm³/mol. The zero-order valence-electron chi connectivity index (χ0n) is 8.07. The molecule has 0 aromatic carbocycles. The SMILES string of the molecule is C[C@]1(C(=O)O)O[C@H](CO)C(O)[C@H](O)[C@@H]1O. The molecule has 0 aliphatic carbocycles. The summed E-state index contributed by atoms with van der Waals surface area (Å²) < 4.78 is 4.87. The van der Waals surface area contributed by atoms with Crippen LogP contribution in [0, 0.1) is 0 Å². The number of aliphatic hydroxyl groups is 4. The Morgan fingerprint density at radius 2 is 1.87 bits per heavy atom. The summed E-state index contributed by atoms with van der Waals surface area (Å²) in [5.41, 5.74) is -2.04. The van der Waals surface area contributed by atoms with E-state index in [0.717, 1.165) is 6.92 Å². The highest BCUT2D eigenvalue weighted by Gasteiger charge is 2.55. The fraction of sp³-hybridized carbons (Fsp3) is 0.875. The molecule has 15 heavy (non-hydrogen) atoms. The molecule has 1 unspecified atom stereocenters. The number of rotatable bonds is 2. The number of ether oxygens (including phenoxy) is 1. The van der Waals surface area contributed by atoms with E-state index in [1.54, 1.807) is 0 Å². The maximum absolute atomic E-state index is 10.8. The van der Waals surface area contributed by atoms with Crippen molar-refractivity contribution in [1.29, 1.82) is 0 Å². The molecule has 1 rings (SSSR count). The molecule has 88 valence electrons. The highest BCUT2D eigenvalue weighted by atomic mass is 16.6. The van der Waals surface area contributed by atoms with Gasteiger partial charge in [0.1, 0.15) is 24.4 Å². The zero-order chi connectivity index (χ0) is 11.8. The first-order valence-corrected chi connectivity index (χ1v) is 4.41. The molecule has 1 aliphatic heterocycles. The molecule has 0 aromatic rings. The van der Waals surface area contributed by atoms with Crippen LogP contribution in [0.1, 0.15) is 6.92 Å². The number of carboxylic acids is 1. The Balaban J connectivity index is 2.97. The molecule has 0 amide bonds. The van der Waals surface area contributed by atoms with Crippen LogP contribution in [-0.2, 0) is 9.53 Å². The Kier molecular flexibility index (Phi) is 3.31. The van der Waals surface area contributed by atoms with Gasteiger partial charge in [0.25, 0.3) is 0 Å². The van der Waals surface area contributed by atoms with Crippen molar-refractivity contribution in [3.8, 4) is 0 Å². The molecule has 1 saturated heterocycles. The Morgan fingerprint density at radius 1 is 1.33 bits per heavy atom. The van der Waals surface area contributed by atoms with Gasteiger partial charge in [-0.15, -0.1) is 0 Å². The van der Waals surface area contributed by atoms with E-state index in [4.69, 9.17) is 14.9 Å². The minimum atomic E-state index is -2.04. The van der Waals surface area contributed by atoms with E-state index in [-0.39, 0.29) is 0 Å². The molecular weight excluding hydrogens is 208 g/mol. The van der Waals surface area contributed by atoms with Gasteiger partial charge in [-0.25, -0.2) is 4.79 Å². The van der Waals surface area contributed by atoms with Crippen LogP contribution in [0.15, 0.2) is 0 Å². The summed E-state index contributed by atoms with van der Waals surface area (Å²) in [7, 11) is 0. The van der Waals surface area contributed by atoms with Crippen molar-refractivity contribution in [3.63, 3.8) is 0 Å². The lowest BCUT2D eigenvalue weighted by atomic mass is 9.86. The van der Waals surface area contributed by atoms with Crippen molar-refractivity contribution in [3.05, 3.63) is 0 Å². The van der Waals surface area contributed by atoms with Crippen molar-refractivity contribution < 1.29 is 35.1 Å². The second-order valence-corrected chi connectivity index (χ2v) is 3.68. The largest absolute Gasteiger partial charge is 0.479 e. The molecule has 0 bridgehead atoms. The molecule has 7 nitrogen and oxygen atoms in total. The van der Waals surface area contributed by atoms with Gasteiger partial charge in [0.2, 0.25) is 0 Å². The molecule has 0 radical (unpaired) electrons. The molecule has 5 atom stereocenters. The highest BCUT2D eigenvalue weighted by molar-refractivity contribution is 5.78. The van der Waals surface area contributed by atoms with E-state index >= 15 is 0 Å². The summed E-state index contributed by atoms with van der Waals surface area (Å²) in [5, 5.41) is 45.8. The maximum Gasteiger partial charge on any atom is 0.338 e. The van der Waals surface area contributed by atoms with Crippen LogP contribution in [0.3, 0.4) is 0 Å². The van der Waals surface area contributed by atoms with Crippen molar-refractivity contribution >= 4 is 5.97 Å². The van der Waals surface area contributed by atoms with Gasteiger partial charge in [-0.3, -0.25) is 0 Å². The lowest BCUT2D eigenvalue weighted by Gasteiger charge is -2.44. The molecule has 0 spiro atoms. The zero-order valence-corrected chi connectivity index (χ0v) is 8.07. The second-order valence-electron chi connectivity index (χ2n) is 3.68. The van der Waals surface area contributed by atoms with Gasteiger partial charge in [0.15, 0.2) is 5.60 Å². The molecule has 7 heteroatoms. The fourth-order valence-electron chi connectivity index (χ4n) is 1.51. The molecule has 1 heterocycles. The monoisotopic (exact) mass is 222 g/mol. The van der Waals surface area contributed by atoms with E-state index < -0.39 is 42.6 Å². The van der Waals surface area contributed by atoms with Crippen LogP contribution in [0.5, 0.6) is 0 Å². The third kappa shape index (κ3) is 1.84. The number of hydrogen-bond acceptors (Lipinski definition) is 6. The van der Waals surface area contributed by atoms with Gasteiger partial charge in [0.05, 0.1) is 6.61 Å². The average Bonchev–Trinajstić information content (AvgIpc) is 2.20. The quantitative estimate of drug-likeness (QED) is 0.344. The molecule has 1 fully saturated rings. The first-order valence-electron chi connectivity index (χ1n) is 4.41. The predicted octanol–water partition coefficient (Wildman–Crippen LogP) is -2.70. The summed E-state index contributed by atoms with van der Waals surface area (Å²) in [5.74, 6) is -1.47. The third-order valence-corrected chi connectivity index (χ3v) is 2.62. The lowest BCUT2D eigenvalue weighted by molar-refractivity contribution is -0.267. The van der Waals surface area contributed by atoms with Crippen molar-refractivity contribution in [1.82, 2.24) is 0 Å². The van der Waals surface area contributed by atoms with Gasteiger partial charge in [-0.05, 0) is 6.92 Å². The number of carbonyl (C=O) groups is 1. The minimum absolute atomic E-state index is 0.645. The third-order valence-electron chi connectivity index (χ3n) is 2.62. The fourth-order valence-corrected chi connectivity index (χ4v) is 1.51. The summed E-state index contributed by atoms with van der Waals surface area (Å²) in [4.78, 5) is 10.8. The summed E-state index contributed by atoms with van der Waals surface area (Å²) in [6.07, 6.45) is -6.17. The number of aliphatic hydroxyl groups excluding tert-OH is 4. The number of aliphatic carboxylic acids is 1. The van der Waals surface area contributed by atoms with E-state index in [9.17, 15) is 20.1 Å². The summed E-state index contributed by atoms with van der Waals surface area (Å²) in [6.45, 7) is 0.422. The van der Waals surface area contributed by atoms with Crippen LogP contribution < -0.4 is 0 Å². The standard InChI is InChI=1S/C8H14O7/c1-8(7(13)14)6(12)5(11)4(10)3(2-9)15-8/h3-6,9-12H,2H2,1H3,(H,13,14)/t3-,4?,5+,6+,8+/m1/s1. The Hall–Kier alpha value is -0.730.